The van der Waals surface area contributed by atoms with E-state index in [1.54, 1.807) is 0 Å². The van der Waals surface area contributed by atoms with Gasteiger partial charge in [0.2, 0.25) is 0 Å². The summed E-state index contributed by atoms with van der Waals surface area (Å²) >= 11 is 3.59. The van der Waals surface area contributed by atoms with Crippen molar-refractivity contribution >= 4 is 27.0 Å². The normalized spacial score (nSPS) is 12.0. The first kappa shape index (κ1) is 13.5. The van der Waals surface area contributed by atoms with Gasteiger partial charge in [0.15, 0.2) is 0 Å². The molecular weight excluding hydrogens is 288 g/mol. The highest BCUT2D eigenvalue weighted by molar-refractivity contribution is 9.09. The van der Waals surface area contributed by atoms with E-state index in [0.717, 1.165) is 34.9 Å². The fraction of sp³-hybridized carbons (Fsp3) is 0.467. The van der Waals surface area contributed by atoms with E-state index in [-0.39, 0.29) is 5.41 Å². The van der Waals surface area contributed by atoms with E-state index in [1.807, 2.05) is 12.3 Å². The minimum Gasteiger partial charge on any atom is -0.253 e. The lowest BCUT2D eigenvalue weighted by Gasteiger charge is -2.23. The van der Waals surface area contributed by atoms with Crippen molar-refractivity contribution < 1.29 is 0 Å². The van der Waals surface area contributed by atoms with Gasteiger partial charge in [-0.25, -0.2) is 4.98 Å². The molecule has 96 valence electrons. The summed E-state index contributed by atoms with van der Waals surface area (Å²) in [5.41, 5.74) is 4.46. The van der Waals surface area contributed by atoms with Crippen molar-refractivity contribution in [2.24, 2.45) is 0 Å². The number of aromatic nitrogens is 2. The number of para-hydroxylation sites is 1. The van der Waals surface area contributed by atoms with Crippen LogP contribution in [0.4, 0.5) is 0 Å². The summed E-state index contributed by atoms with van der Waals surface area (Å²) in [6.07, 6.45) is 3.99. The highest BCUT2D eigenvalue weighted by Crippen LogP contribution is 2.30. The van der Waals surface area contributed by atoms with Gasteiger partial charge < -0.3 is 0 Å². The second-order valence-electron chi connectivity index (χ2n) is 5.30. The molecule has 1 aromatic heterocycles. The highest BCUT2D eigenvalue weighted by atomic mass is 79.9. The van der Waals surface area contributed by atoms with Gasteiger partial charge in [-0.3, -0.25) is 4.98 Å². The number of rotatable bonds is 4. The van der Waals surface area contributed by atoms with E-state index in [1.165, 1.54) is 5.56 Å². The second-order valence-corrected chi connectivity index (χ2v) is 5.86. The zero-order valence-corrected chi connectivity index (χ0v) is 12.8. The molecule has 0 spiro atoms. The molecule has 0 saturated heterocycles. The van der Waals surface area contributed by atoms with Gasteiger partial charge >= 0.3 is 0 Å². The molecule has 3 heteroatoms. The molecule has 2 aromatic rings. The summed E-state index contributed by atoms with van der Waals surface area (Å²) in [4.78, 5) is 9.33. The van der Waals surface area contributed by atoms with Crippen molar-refractivity contribution in [2.45, 2.75) is 39.0 Å². The largest absolute Gasteiger partial charge is 0.253 e. The number of nitrogens with zero attached hydrogens (tertiary/aromatic N) is 2. The Bertz CT molecular complexity index is 549. The minimum absolute atomic E-state index is 0.0685. The monoisotopic (exact) mass is 306 g/mol. The van der Waals surface area contributed by atoms with Gasteiger partial charge in [-0.15, -0.1) is 0 Å². The van der Waals surface area contributed by atoms with Gasteiger partial charge in [-0.2, -0.15) is 0 Å². The lowest BCUT2D eigenvalue weighted by atomic mass is 9.86. The van der Waals surface area contributed by atoms with Crippen LogP contribution in [0.15, 0.2) is 24.4 Å². The smallest absolute Gasteiger partial charge is 0.0927 e. The fourth-order valence-corrected chi connectivity index (χ4v) is 2.37. The third kappa shape index (κ3) is 2.56. The Morgan fingerprint density at radius 2 is 2.06 bits per heavy atom. The van der Waals surface area contributed by atoms with Crippen molar-refractivity contribution in [3.05, 3.63) is 35.7 Å². The Labute approximate surface area is 117 Å². The van der Waals surface area contributed by atoms with Crippen LogP contribution in [0.25, 0.3) is 11.0 Å². The van der Waals surface area contributed by atoms with E-state index in [0.29, 0.717) is 0 Å². The Balaban J connectivity index is 2.62. The predicted molar refractivity (Wildman–Crippen MR) is 80.4 cm³/mol. The van der Waals surface area contributed by atoms with Crippen molar-refractivity contribution in [1.82, 2.24) is 9.97 Å². The van der Waals surface area contributed by atoms with Gasteiger partial charge in [0.05, 0.1) is 16.7 Å². The third-order valence-corrected chi connectivity index (χ3v) is 4.59. The Morgan fingerprint density at radius 3 is 2.72 bits per heavy atom. The van der Waals surface area contributed by atoms with Crippen molar-refractivity contribution in [3.8, 4) is 0 Å². The molecule has 0 amide bonds. The number of fused-ring (bicyclic) bond motifs is 1. The maximum absolute atomic E-state index is 4.80. The number of halogens is 1. The Morgan fingerprint density at radius 1 is 1.28 bits per heavy atom. The maximum atomic E-state index is 4.80. The number of aryl methyl sites for hydroxylation is 1. The first-order valence-electron chi connectivity index (χ1n) is 6.39. The van der Waals surface area contributed by atoms with Crippen LogP contribution in [0.3, 0.4) is 0 Å². The standard InChI is InChI=1S/C15H19BrN2/c1-4-6-11-9-17-13-8-5-7-12(14(13)18-11)15(2,3)10-16/h5,7-9H,4,6,10H2,1-3H3. The molecular formula is C15H19BrN2. The Hall–Kier alpha value is -0.960. The molecule has 18 heavy (non-hydrogen) atoms. The van der Waals surface area contributed by atoms with E-state index in [4.69, 9.17) is 4.98 Å². The molecule has 2 nitrogen and oxygen atoms in total. The summed E-state index contributed by atoms with van der Waals surface area (Å²) < 4.78 is 0. The lowest BCUT2D eigenvalue weighted by molar-refractivity contribution is 0.610. The average Bonchev–Trinajstić information content (AvgIpc) is 2.38. The van der Waals surface area contributed by atoms with Crippen molar-refractivity contribution in [3.63, 3.8) is 0 Å². The Kier molecular flexibility index (Phi) is 4.00. The fourth-order valence-electron chi connectivity index (χ4n) is 2.06. The van der Waals surface area contributed by atoms with Crippen LogP contribution in [0.2, 0.25) is 0 Å². The number of benzene rings is 1. The summed E-state index contributed by atoms with van der Waals surface area (Å²) in [6, 6.07) is 6.26. The predicted octanol–water partition coefficient (Wildman–Crippen LogP) is 4.25. The lowest BCUT2D eigenvalue weighted by Crippen LogP contribution is -2.19. The summed E-state index contributed by atoms with van der Waals surface area (Å²) in [5.74, 6) is 0. The molecule has 2 rings (SSSR count). The number of alkyl halides is 1. The van der Waals surface area contributed by atoms with Crippen LogP contribution in [0, 0.1) is 0 Å². The molecule has 0 fully saturated rings. The van der Waals surface area contributed by atoms with Crippen LogP contribution >= 0.6 is 15.9 Å². The van der Waals surface area contributed by atoms with Crippen molar-refractivity contribution in [1.29, 1.82) is 0 Å². The molecule has 0 aliphatic heterocycles. The van der Waals surface area contributed by atoms with Crippen LogP contribution in [0.5, 0.6) is 0 Å². The average molecular weight is 307 g/mol. The third-order valence-electron chi connectivity index (χ3n) is 3.19. The summed E-state index contributed by atoms with van der Waals surface area (Å²) in [6.45, 7) is 6.62. The summed E-state index contributed by atoms with van der Waals surface area (Å²) in [7, 11) is 0. The topological polar surface area (TPSA) is 25.8 Å². The minimum atomic E-state index is 0.0685. The van der Waals surface area contributed by atoms with Gasteiger partial charge in [-0.05, 0) is 18.1 Å². The number of hydrogen-bond donors (Lipinski definition) is 0. The molecule has 0 radical (unpaired) electrons. The number of hydrogen-bond acceptors (Lipinski definition) is 2. The molecule has 0 aliphatic carbocycles. The first-order chi connectivity index (χ1) is 8.58. The second kappa shape index (κ2) is 5.35. The SMILES string of the molecule is CCCc1cnc2cccc(C(C)(C)CBr)c2n1. The van der Waals surface area contributed by atoms with Crippen LogP contribution in [-0.2, 0) is 11.8 Å². The molecule has 1 heterocycles. The zero-order chi connectivity index (χ0) is 13.2. The van der Waals surface area contributed by atoms with E-state index in [9.17, 15) is 0 Å². The van der Waals surface area contributed by atoms with Gasteiger partial charge in [-0.1, -0.05) is 55.3 Å². The van der Waals surface area contributed by atoms with Gasteiger partial charge in [0.25, 0.3) is 0 Å². The molecule has 1 aromatic carbocycles. The van der Waals surface area contributed by atoms with E-state index in [2.05, 4.69) is 53.8 Å². The molecule has 0 aliphatic rings. The molecule has 0 bridgehead atoms. The quantitative estimate of drug-likeness (QED) is 0.789. The molecule has 0 N–H and O–H groups in total. The van der Waals surface area contributed by atoms with Crippen LogP contribution < -0.4 is 0 Å². The molecule has 0 unspecified atom stereocenters. The highest BCUT2D eigenvalue weighted by Gasteiger charge is 2.22. The maximum Gasteiger partial charge on any atom is 0.0927 e. The van der Waals surface area contributed by atoms with E-state index < -0.39 is 0 Å². The van der Waals surface area contributed by atoms with Gasteiger partial charge in [0, 0.05) is 16.9 Å². The molecule has 0 saturated carbocycles. The first-order valence-corrected chi connectivity index (χ1v) is 7.51. The van der Waals surface area contributed by atoms with Crippen molar-refractivity contribution in [2.75, 3.05) is 5.33 Å². The zero-order valence-electron chi connectivity index (χ0n) is 11.2. The van der Waals surface area contributed by atoms with E-state index >= 15 is 0 Å². The molecule has 0 atom stereocenters. The van der Waals surface area contributed by atoms with Crippen LogP contribution in [-0.4, -0.2) is 15.3 Å². The van der Waals surface area contributed by atoms with Crippen LogP contribution in [0.1, 0.15) is 38.4 Å². The summed E-state index contributed by atoms with van der Waals surface area (Å²) in [5, 5.41) is 0.915. The van der Waals surface area contributed by atoms with Gasteiger partial charge in [0.1, 0.15) is 0 Å².